The van der Waals surface area contributed by atoms with Crippen LogP contribution in [0.2, 0.25) is 0 Å². The predicted octanol–water partition coefficient (Wildman–Crippen LogP) is 2.82. The number of phenols is 2. The minimum Gasteiger partial charge on any atom is -0.508 e. The summed E-state index contributed by atoms with van der Waals surface area (Å²) in [6.07, 6.45) is 2.49. The maximum atomic E-state index is 13.2. The smallest absolute Gasteiger partial charge is 0.258 e. The first-order chi connectivity index (χ1) is 15.0. The number of benzene rings is 2. The largest absolute Gasteiger partial charge is 0.508 e. The van der Waals surface area contributed by atoms with Crippen LogP contribution in [-0.2, 0) is 4.79 Å². The van der Waals surface area contributed by atoms with Gasteiger partial charge in [-0.25, -0.2) is 0 Å². The summed E-state index contributed by atoms with van der Waals surface area (Å²) in [6, 6.07) is 12.1. The number of hydrogen-bond acceptors (Lipinski definition) is 5. The summed E-state index contributed by atoms with van der Waals surface area (Å²) in [5, 5.41) is 19.4. The van der Waals surface area contributed by atoms with E-state index in [2.05, 4.69) is 0 Å². The minimum atomic E-state index is -0.531. The Labute approximate surface area is 180 Å². The molecule has 2 aromatic rings. The monoisotopic (exact) mass is 422 g/mol. The molecule has 2 N–H and O–H groups in total. The molecule has 2 saturated heterocycles. The Morgan fingerprint density at radius 1 is 0.839 bits per heavy atom. The van der Waals surface area contributed by atoms with E-state index in [1.807, 2.05) is 0 Å². The molecular weight excluding hydrogens is 396 g/mol. The van der Waals surface area contributed by atoms with Gasteiger partial charge in [-0.2, -0.15) is 0 Å². The van der Waals surface area contributed by atoms with Gasteiger partial charge >= 0.3 is 0 Å². The summed E-state index contributed by atoms with van der Waals surface area (Å²) in [6.45, 7) is 1.43. The Kier molecular flexibility index (Phi) is 5.93. The number of nitrogens with zero attached hydrogens (tertiary/aromatic N) is 2. The molecule has 2 aliphatic rings. The van der Waals surface area contributed by atoms with Crippen LogP contribution in [-0.4, -0.2) is 63.3 Å². The number of likely N-dealkylation sites (tertiary alicyclic amines) is 2. The van der Waals surface area contributed by atoms with E-state index >= 15 is 0 Å². The zero-order chi connectivity index (χ0) is 22.0. The molecule has 2 heterocycles. The lowest BCUT2D eigenvalue weighted by Gasteiger charge is -2.35. The van der Waals surface area contributed by atoms with Crippen molar-refractivity contribution in [2.45, 2.75) is 31.7 Å². The number of para-hydroxylation sites is 1. The summed E-state index contributed by atoms with van der Waals surface area (Å²) in [7, 11) is 0. The molecular formula is C24H26N2O5. The van der Waals surface area contributed by atoms with Gasteiger partial charge < -0.3 is 20.0 Å². The number of phenolic OH excluding ortho intramolecular Hbond substituents is 2. The summed E-state index contributed by atoms with van der Waals surface area (Å²) in [5.41, 5.74) is 0.776. The van der Waals surface area contributed by atoms with Crippen LogP contribution in [0.1, 0.15) is 46.4 Å². The second-order valence-electron chi connectivity index (χ2n) is 8.18. The van der Waals surface area contributed by atoms with Gasteiger partial charge in [0.25, 0.3) is 5.91 Å². The van der Waals surface area contributed by atoms with E-state index in [9.17, 15) is 24.6 Å². The van der Waals surface area contributed by atoms with Crippen molar-refractivity contribution in [3.63, 3.8) is 0 Å². The van der Waals surface area contributed by atoms with Crippen LogP contribution in [0.4, 0.5) is 0 Å². The molecule has 1 atom stereocenters. The van der Waals surface area contributed by atoms with Crippen molar-refractivity contribution in [3.05, 3.63) is 59.7 Å². The quantitative estimate of drug-likeness (QED) is 0.739. The molecule has 7 nitrogen and oxygen atoms in total. The Morgan fingerprint density at radius 2 is 1.52 bits per heavy atom. The first-order valence-electron chi connectivity index (χ1n) is 10.7. The molecule has 7 heteroatoms. The summed E-state index contributed by atoms with van der Waals surface area (Å²) in [5.74, 6) is -0.501. The van der Waals surface area contributed by atoms with Gasteiger partial charge in [-0.15, -0.1) is 0 Å². The van der Waals surface area contributed by atoms with Crippen molar-refractivity contribution in [3.8, 4) is 11.5 Å². The van der Waals surface area contributed by atoms with Gasteiger partial charge in [0.2, 0.25) is 5.91 Å². The van der Waals surface area contributed by atoms with Gasteiger partial charge in [0.05, 0.1) is 5.56 Å². The van der Waals surface area contributed by atoms with Crippen molar-refractivity contribution >= 4 is 17.6 Å². The standard InChI is InChI=1S/C24H26N2O5/c27-18-9-7-16(8-10-18)22(29)17-11-14-25(15-12-17)24(31)20-5-3-13-26(20)23(30)19-4-1-2-6-21(19)28/h1-2,4,6-10,17,20,27-28H,3,5,11-15H2. The number of hydrogen-bond donors (Lipinski definition) is 2. The summed E-state index contributed by atoms with van der Waals surface area (Å²) < 4.78 is 0. The van der Waals surface area contributed by atoms with E-state index in [0.29, 0.717) is 44.5 Å². The second kappa shape index (κ2) is 8.79. The third-order valence-corrected chi connectivity index (χ3v) is 6.26. The number of carbonyl (C=O) groups excluding carboxylic acids is 3. The van der Waals surface area contributed by atoms with E-state index in [1.165, 1.54) is 18.2 Å². The predicted molar refractivity (Wildman–Crippen MR) is 114 cm³/mol. The molecule has 0 radical (unpaired) electrons. The van der Waals surface area contributed by atoms with Crippen LogP contribution in [0, 0.1) is 5.92 Å². The molecule has 0 aliphatic carbocycles. The number of Topliss-reactive ketones (excluding diaryl/α,β-unsaturated/α-hetero) is 1. The summed E-state index contributed by atoms with van der Waals surface area (Å²) in [4.78, 5) is 42.1. The highest BCUT2D eigenvalue weighted by molar-refractivity contribution is 6.00. The zero-order valence-electron chi connectivity index (χ0n) is 17.2. The van der Waals surface area contributed by atoms with Crippen LogP contribution < -0.4 is 0 Å². The molecule has 2 amide bonds. The molecule has 2 aliphatic heterocycles. The first-order valence-corrected chi connectivity index (χ1v) is 10.7. The molecule has 0 spiro atoms. The molecule has 0 bridgehead atoms. The molecule has 0 saturated carbocycles. The first kappa shape index (κ1) is 20.9. The fraction of sp³-hybridized carbons (Fsp3) is 0.375. The number of rotatable bonds is 4. The van der Waals surface area contributed by atoms with Crippen molar-refractivity contribution < 1.29 is 24.6 Å². The van der Waals surface area contributed by atoms with E-state index in [1.54, 1.807) is 40.1 Å². The van der Waals surface area contributed by atoms with Gasteiger partial charge in [-0.1, -0.05) is 12.1 Å². The van der Waals surface area contributed by atoms with E-state index < -0.39 is 6.04 Å². The highest BCUT2D eigenvalue weighted by atomic mass is 16.3. The highest BCUT2D eigenvalue weighted by Gasteiger charge is 2.39. The number of ketones is 1. The van der Waals surface area contributed by atoms with Gasteiger partial charge in [-0.3, -0.25) is 14.4 Å². The van der Waals surface area contributed by atoms with Crippen molar-refractivity contribution in [2.24, 2.45) is 5.92 Å². The molecule has 162 valence electrons. The van der Waals surface area contributed by atoms with Crippen LogP contribution >= 0.6 is 0 Å². The lowest BCUT2D eigenvalue weighted by molar-refractivity contribution is -0.136. The molecule has 0 aromatic heterocycles. The maximum Gasteiger partial charge on any atom is 0.258 e. The lowest BCUT2D eigenvalue weighted by Crippen LogP contribution is -2.50. The molecule has 4 rings (SSSR count). The molecule has 1 unspecified atom stereocenters. The van der Waals surface area contributed by atoms with Crippen LogP contribution in [0.15, 0.2) is 48.5 Å². The number of amides is 2. The second-order valence-corrected chi connectivity index (χ2v) is 8.18. The Hall–Kier alpha value is -3.35. The molecule has 2 fully saturated rings. The van der Waals surface area contributed by atoms with E-state index in [0.717, 1.165) is 6.42 Å². The highest BCUT2D eigenvalue weighted by Crippen LogP contribution is 2.28. The average Bonchev–Trinajstić information content (AvgIpc) is 3.28. The van der Waals surface area contributed by atoms with Crippen LogP contribution in [0.25, 0.3) is 0 Å². The Morgan fingerprint density at radius 3 is 2.19 bits per heavy atom. The number of aromatic hydroxyl groups is 2. The maximum absolute atomic E-state index is 13.2. The van der Waals surface area contributed by atoms with E-state index in [4.69, 9.17) is 0 Å². The zero-order valence-corrected chi connectivity index (χ0v) is 17.2. The van der Waals surface area contributed by atoms with Crippen molar-refractivity contribution in [2.75, 3.05) is 19.6 Å². The average molecular weight is 422 g/mol. The Bertz CT molecular complexity index is 980. The minimum absolute atomic E-state index is 0.0318. The topological polar surface area (TPSA) is 98.2 Å². The van der Waals surface area contributed by atoms with E-state index in [-0.39, 0.29) is 40.6 Å². The fourth-order valence-electron chi connectivity index (χ4n) is 4.51. The van der Waals surface area contributed by atoms with Crippen molar-refractivity contribution in [1.82, 2.24) is 9.80 Å². The van der Waals surface area contributed by atoms with Crippen LogP contribution in [0.5, 0.6) is 11.5 Å². The summed E-state index contributed by atoms with van der Waals surface area (Å²) >= 11 is 0. The Balaban J connectivity index is 1.39. The third-order valence-electron chi connectivity index (χ3n) is 6.26. The van der Waals surface area contributed by atoms with Crippen molar-refractivity contribution in [1.29, 1.82) is 0 Å². The molecule has 2 aromatic carbocycles. The normalized spacial score (nSPS) is 19.4. The van der Waals surface area contributed by atoms with Crippen LogP contribution in [0.3, 0.4) is 0 Å². The third kappa shape index (κ3) is 4.26. The SMILES string of the molecule is O=C(c1ccc(O)cc1)C1CCN(C(=O)C2CCCN2C(=O)c2ccccc2O)CC1. The number of carbonyl (C=O) groups is 3. The molecule has 31 heavy (non-hydrogen) atoms. The fourth-order valence-corrected chi connectivity index (χ4v) is 4.51. The van der Waals surface area contributed by atoms with Gasteiger partial charge in [0.1, 0.15) is 17.5 Å². The van der Waals surface area contributed by atoms with Gasteiger partial charge in [0.15, 0.2) is 5.78 Å². The van der Waals surface area contributed by atoms with Gasteiger partial charge in [0, 0.05) is 31.1 Å². The number of piperidine rings is 1. The lowest BCUT2D eigenvalue weighted by atomic mass is 9.88. The van der Waals surface area contributed by atoms with Gasteiger partial charge in [-0.05, 0) is 62.1 Å².